The molecule has 0 saturated carbocycles. The zero-order chi connectivity index (χ0) is 21.1. The predicted octanol–water partition coefficient (Wildman–Crippen LogP) is 3.54. The Balaban J connectivity index is 2.32. The SMILES string of the molecule is CC(C)c1cccc(C(C)C)c1NC(=O)NS(=O)(=O)c1cccc(C(N)=O)c1. The number of nitrogens with one attached hydrogen (secondary N) is 2. The summed E-state index contributed by atoms with van der Waals surface area (Å²) < 4.78 is 27.0. The molecule has 0 aliphatic heterocycles. The number of carbonyl (C=O) groups is 2. The van der Waals surface area contributed by atoms with Crippen LogP contribution >= 0.6 is 0 Å². The van der Waals surface area contributed by atoms with Gasteiger partial charge in [-0.3, -0.25) is 4.79 Å². The van der Waals surface area contributed by atoms with Gasteiger partial charge < -0.3 is 11.1 Å². The smallest absolute Gasteiger partial charge is 0.333 e. The number of nitrogens with two attached hydrogens (primary N) is 1. The Kier molecular flexibility index (Phi) is 6.45. The molecule has 7 nitrogen and oxygen atoms in total. The molecule has 0 radical (unpaired) electrons. The molecule has 8 heteroatoms. The number of benzene rings is 2. The van der Waals surface area contributed by atoms with Crippen LogP contribution in [0.1, 0.15) is 61.0 Å². The van der Waals surface area contributed by atoms with Crippen molar-refractivity contribution in [1.29, 1.82) is 0 Å². The van der Waals surface area contributed by atoms with Gasteiger partial charge in [0.05, 0.1) is 4.90 Å². The van der Waals surface area contributed by atoms with Crippen molar-refractivity contribution in [2.75, 3.05) is 5.32 Å². The minimum Gasteiger partial charge on any atom is -0.366 e. The molecule has 4 N–H and O–H groups in total. The Hall–Kier alpha value is -2.87. The van der Waals surface area contributed by atoms with Gasteiger partial charge in [-0.1, -0.05) is 52.0 Å². The van der Waals surface area contributed by atoms with E-state index in [-0.39, 0.29) is 22.3 Å². The maximum absolute atomic E-state index is 12.5. The normalized spacial score (nSPS) is 11.5. The molecule has 0 aliphatic rings. The van der Waals surface area contributed by atoms with Crippen molar-refractivity contribution in [1.82, 2.24) is 4.72 Å². The third kappa shape index (κ3) is 4.89. The lowest BCUT2D eigenvalue weighted by molar-refractivity contribution is 0.1000. The quantitative estimate of drug-likeness (QED) is 0.683. The number of sulfonamides is 1. The van der Waals surface area contributed by atoms with Gasteiger partial charge in [0.2, 0.25) is 5.91 Å². The topological polar surface area (TPSA) is 118 Å². The highest BCUT2D eigenvalue weighted by atomic mass is 32.2. The average Bonchev–Trinajstić information content (AvgIpc) is 2.61. The van der Waals surface area contributed by atoms with Crippen LogP contribution in [0.5, 0.6) is 0 Å². The molecule has 2 aromatic rings. The first-order valence-electron chi connectivity index (χ1n) is 8.89. The van der Waals surface area contributed by atoms with E-state index in [0.717, 1.165) is 17.2 Å². The minimum atomic E-state index is -4.17. The number of hydrogen-bond donors (Lipinski definition) is 3. The maximum Gasteiger partial charge on any atom is 0.333 e. The number of rotatable bonds is 6. The Morgan fingerprint density at radius 2 is 1.46 bits per heavy atom. The van der Waals surface area contributed by atoms with Gasteiger partial charge in [-0.15, -0.1) is 0 Å². The van der Waals surface area contributed by atoms with Crippen molar-refractivity contribution in [3.63, 3.8) is 0 Å². The number of anilines is 1. The lowest BCUT2D eigenvalue weighted by Crippen LogP contribution is -2.35. The van der Waals surface area contributed by atoms with Gasteiger partial charge in [0.15, 0.2) is 0 Å². The Morgan fingerprint density at radius 1 is 0.929 bits per heavy atom. The van der Waals surface area contributed by atoms with E-state index in [2.05, 4.69) is 5.32 Å². The molecule has 0 saturated heterocycles. The van der Waals surface area contributed by atoms with Crippen molar-refractivity contribution in [3.8, 4) is 0 Å². The predicted molar refractivity (Wildman–Crippen MR) is 109 cm³/mol. The van der Waals surface area contributed by atoms with Crippen LogP contribution in [0.3, 0.4) is 0 Å². The van der Waals surface area contributed by atoms with E-state index in [9.17, 15) is 18.0 Å². The van der Waals surface area contributed by atoms with Crippen LogP contribution < -0.4 is 15.8 Å². The third-order valence-electron chi connectivity index (χ3n) is 4.27. The molecule has 0 bridgehead atoms. The van der Waals surface area contributed by atoms with Gasteiger partial charge >= 0.3 is 6.03 Å². The van der Waals surface area contributed by atoms with Crippen LogP contribution in [-0.4, -0.2) is 20.4 Å². The second kappa shape index (κ2) is 8.43. The lowest BCUT2D eigenvalue weighted by Gasteiger charge is -2.20. The van der Waals surface area contributed by atoms with Crippen molar-refractivity contribution in [2.24, 2.45) is 5.73 Å². The van der Waals surface area contributed by atoms with E-state index in [1.54, 1.807) is 0 Å². The van der Waals surface area contributed by atoms with Gasteiger partial charge in [0.25, 0.3) is 10.0 Å². The summed E-state index contributed by atoms with van der Waals surface area (Å²) in [6.07, 6.45) is 0. The molecule has 2 rings (SSSR count). The summed E-state index contributed by atoms with van der Waals surface area (Å²) in [5, 5.41) is 2.68. The van der Waals surface area contributed by atoms with Gasteiger partial charge in [0.1, 0.15) is 0 Å². The Morgan fingerprint density at radius 3 is 1.96 bits per heavy atom. The van der Waals surface area contributed by atoms with Crippen LogP contribution in [0.25, 0.3) is 0 Å². The van der Waals surface area contributed by atoms with E-state index in [1.165, 1.54) is 18.2 Å². The molecule has 0 fully saturated rings. The van der Waals surface area contributed by atoms with Crippen LogP contribution in [0.2, 0.25) is 0 Å². The van der Waals surface area contributed by atoms with Gasteiger partial charge in [-0.25, -0.2) is 17.9 Å². The van der Waals surface area contributed by atoms with Crippen LogP contribution in [0.4, 0.5) is 10.5 Å². The molecule has 0 atom stereocenters. The lowest BCUT2D eigenvalue weighted by atomic mass is 9.93. The molecule has 150 valence electrons. The molecule has 0 heterocycles. The largest absolute Gasteiger partial charge is 0.366 e. The molecule has 0 spiro atoms. The number of carbonyl (C=O) groups excluding carboxylic acids is 2. The molecular weight excluding hydrogens is 378 g/mol. The number of urea groups is 1. The Labute approximate surface area is 165 Å². The maximum atomic E-state index is 12.5. The number of primary amides is 1. The van der Waals surface area contributed by atoms with Crippen LogP contribution in [-0.2, 0) is 10.0 Å². The van der Waals surface area contributed by atoms with Crippen molar-refractivity contribution in [3.05, 3.63) is 59.2 Å². The first-order valence-corrected chi connectivity index (χ1v) is 10.4. The molecular formula is C20H25N3O4S. The van der Waals surface area contributed by atoms with Crippen molar-refractivity contribution in [2.45, 2.75) is 44.4 Å². The van der Waals surface area contributed by atoms with Crippen molar-refractivity contribution < 1.29 is 18.0 Å². The monoisotopic (exact) mass is 403 g/mol. The second-order valence-corrected chi connectivity index (χ2v) is 8.75. The van der Waals surface area contributed by atoms with E-state index in [0.29, 0.717) is 5.69 Å². The van der Waals surface area contributed by atoms with E-state index in [1.807, 2.05) is 50.6 Å². The Bertz CT molecular complexity index is 972. The molecule has 0 unspecified atom stereocenters. The summed E-state index contributed by atoms with van der Waals surface area (Å²) in [4.78, 5) is 23.5. The van der Waals surface area contributed by atoms with E-state index >= 15 is 0 Å². The van der Waals surface area contributed by atoms with Gasteiger partial charge in [-0.05, 0) is 41.2 Å². The first-order chi connectivity index (χ1) is 13.0. The zero-order valence-corrected chi connectivity index (χ0v) is 17.1. The number of hydrogen-bond acceptors (Lipinski definition) is 4. The summed E-state index contributed by atoms with van der Waals surface area (Å²) >= 11 is 0. The minimum absolute atomic E-state index is 0.0375. The standard InChI is InChI=1S/C20H25N3O4S/c1-12(2)16-9-6-10-17(13(3)4)18(16)22-20(25)23-28(26,27)15-8-5-7-14(11-15)19(21)24/h5-13H,1-4H3,(H2,21,24)(H2,22,23,25). The van der Waals surface area contributed by atoms with Crippen LogP contribution in [0, 0.1) is 0 Å². The summed E-state index contributed by atoms with van der Waals surface area (Å²) in [5.41, 5.74) is 7.65. The van der Waals surface area contributed by atoms with Crippen molar-refractivity contribution >= 4 is 27.6 Å². The second-order valence-electron chi connectivity index (χ2n) is 7.07. The highest BCUT2D eigenvalue weighted by Gasteiger charge is 2.21. The fourth-order valence-corrected chi connectivity index (χ4v) is 3.78. The summed E-state index contributed by atoms with van der Waals surface area (Å²) in [7, 11) is -4.17. The summed E-state index contributed by atoms with van der Waals surface area (Å²) in [6.45, 7) is 7.98. The molecule has 2 aromatic carbocycles. The van der Waals surface area contributed by atoms with Gasteiger partial charge in [-0.2, -0.15) is 0 Å². The zero-order valence-electron chi connectivity index (χ0n) is 16.3. The van der Waals surface area contributed by atoms with E-state index in [4.69, 9.17) is 5.73 Å². The fourth-order valence-electron chi connectivity index (χ4n) is 2.83. The first kappa shape index (κ1) is 21.4. The average molecular weight is 404 g/mol. The highest BCUT2D eigenvalue weighted by Crippen LogP contribution is 2.32. The number of para-hydroxylation sites is 1. The summed E-state index contributed by atoms with van der Waals surface area (Å²) in [6, 6.07) is 10.0. The molecule has 3 amide bonds. The summed E-state index contributed by atoms with van der Waals surface area (Å²) in [5.74, 6) is -0.482. The third-order valence-corrected chi connectivity index (χ3v) is 5.60. The van der Waals surface area contributed by atoms with Crippen LogP contribution in [0.15, 0.2) is 47.4 Å². The van der Waals surface area contributed by atoms with Gasteiger partial charge in [0, 0.05) is 11.3 Å². The highest BCUT2D eigenvalue weighted by molar-refractivity contribution is 7.90. The molecule has 28 heavy (non-hydrogen) atoms. The molecule has 0 aromatic heterocycles. The van der Waals surface area contributed by atoms with E-state index < -0.39 is 22.0 Å². The number of amides is 3. The molecule has 0 aliphatic carbocycles. The fraction of sp³-hybridized carbons (Fsp3) is 0.300.